The normalized spacial score (nSPS) is 10.2. The maximum absolute atomic E-state index is 11.3. The lowest BCUT2D eigenvalue weighted by molar-refractivity contribution is -0.141. The van der Waals surface area contributed by atoms with Crippen LogP contribution in [0.1, 0.15) is 5.56 Å². The number of aromatic nitrogens is 2. The SMILES string of the molecule is COC(=O)Cn1ccnc1-c1ccccc1C. The minimum Gasteiger partial charge on any atom is -0.468 e. The van der Waals surface area contributed by atoms with Crippen LogP contribution < -0.4 is 0 Å². The molecule has 0 amide bonds. The Morgan fingerprint density at radius 1 is 1.41 bits per heavy atom. The van der Waals surface area contributed by atoms with Crippen LogP contribution in [0, 0.1) is 6.92 Å². The number of esters is 1. The summed E-state index contributed by atoms with van der Waals surface area (Å²) in [6, 6.07) is 7.95. The third kappa shape index (κ3) is 2.36. The highest BCUT2D eigenvalue weighted by Crippen LogP contribution is 2.21. The number of nitrogens with zero attached hydrogens (tertiary/aromatic N) is 2. The highest BCUT2D eigenvalue weighted by atomic mass is 16.5. The van der Waals surface area contributed by atoms with Gasteiger partial charge in [0.1, 0.15) is 12.4 Å². The van der Waals surface area contributed by atoms with Crippen molar-refractivity contribution in [2.45, 2.75) is 13.5 Å². The molecule has 0 aliphatic rings. The topological polar surface area (TPSA) is 44.1 Å². The molecule has 0 saturated carbocycles. The summed E-state index contributed by atoms with van der Waals surface area (Å²) >= 11 is 0. The molecule has 2 rings (SSSR count). The van der Waals surface area contributed by atoms with Gasteiger partial charge in [-0.1, -0.05) is 24.3 Å². The molecule has 0 aliphatic heterocycles. The fourth-order valence-corrected chi connectivity index (χ4v) is 1.71. The van der Waals surface area contributed by atoms with E-state index in [-0.39, 0.29) is 12.5 Å². The molecule has 88 valence electrons. The second kappa shape index (κ2) is 4.82. The molecule has 4 heteroatoms. The van der Waals surface area contributed by atoms with Gasteiger partial charge in [-0.05, 0) is 12.5 Å². The zero-order chi connectivity index (χ0) is 12.3. The van der Waals surface area contributed by atoms with Crippen molar-refractivity contribution in [1.29, 1.82) is 0 Å². The van der Waals surface area contributed by atoms with Crippen LogP contribution in [-0.2, 0) is 16.1 Å². The fourth-order valence-electron chi connectivity index (χ4n) is 1.71. The molecule has 0 bridgehead atoms. The second-order valence-electron chi connectivity index (χ2n) is 3.77. The third-order valence-electron chi connectivity index (χ3n) is 2.63. The van der Waals surface area contributed by atoms with Gasteiger partial charge in [-0.2, -0.15) is 0 Å². The zero-order valence-corrected chi connectivity index (χ0v) is 9.88. The van der Waals surface area contributed by atoms with E-state index in [0.29, 0.717) is 0 Å². The number of hydrogen-bond donors (Lipinski definition) is 0. The van der Waals surface area contributed by atoms with Crippen molar-refractivity contribution in [3.05, 3.63) is 42.2 Å². The highest BCUT2D eigenvalue weighted by molar-refractivity contribution is 5.70. The molecule has 0 radical (unpaired) electrons. The van der Waals surface area contributed by atoms with Crippen molar-refractivity contribution < 1.29 is 9.53 Å². The van der Waals surface area contributed by atoms with E-state index < -0.39 is 0 Å². The van der Waals surface area contributed by atoms with Gasteiger partial charge in [-0.3, -0.25) is 4.79 Å². The summed E-state index contributed by atoms with van der Waals surface area (Å²) in [6.45, 7) is 2.20. The van der Waals surface area contributed by atoms with E-state index in [1.165, 1.54) is 7.11 Å². The van der Waals surface area contributed by atoms with Gasteiger partial charge in [0.15, 0.2) is 0 Å². The van der Waals surface area contributed by atoms with Crippen LogP contribution in [-0.4, -0.2) is 22.6 Å². The van der Waals surface area contributed by atoms with Gasteiger partial charge >= 0.3 is 5.97 Å². The Kier molecular flexibility index (Phi) is 3.23. The lowest BCUT2D eigenvalue weighted by atomic mass is 10.1. The van der Waals surface area contributed by atoms with Crippen LogP contribution in [0.5, 0.6) is 0 Å². The van der Waals surface area contributed by atoms with Gasteiger partial charge in [-0.25, -0.2) is 4.98 Å². The molecule has 0 N–H and O–H groups in total. The van der Waals surface area contributed by atoms with E-state index in [1.807, 2.05) is 31.2 Å². The largest absolute Gasteiger partial charge is 0.468 e. The standard InChI is InChI=1S/C13H14N2O2/c1-10-5-3-4-6-11(10)13-14-7-8-15(13)9-12(16)17-2/h3-8H,9H2,1-2H3. The number of carbonyl (C=O) groups excluding carboxylic acids is 1. The first-order valence-electron chi connectivity index (χ1n) is 5.36. The highest BCUT2D eigenvalue weighted by Gasteiger charge is 2.10. The lowest BCUT2D eigenvalue weighted by Crippen LogP contribution is -2.12. The Labute approximate surface area is 99.9 Å². The summed E-state index contributed by atoms with van der Waals surface area (Å²) in [6.07, 6.45) is 3.46. The molecule has 1 aromatic heterocycles. The van der Waals surface area contributed by atoms with Gasteiger partial charge < -0.3 is 9.30 Å². The number of hydrogen-bond acceptors (Lipinski definition) is 3. The monoisotopic (exact) mass is 230 g/mol. The molecule has 1 aromatic carbocycles. The Bertz CT molecular complexity index is 532. The molecule has 4 nitrogen and oxygen atoms in total. The van der Waals surface area contributed by atoms with Crippen LogP contribution in [0.15, 0.2) is 36.7 Å². The van der Waals surface area contributed by atoms with Crippen molar-refractivity contribution in [2.75, 3.05) is 7.11 Å². The minimum atomic E-state index is -0.280. The van der Waals surface area contributed by atoms with Gasteiger partial charge in [0, 0.05) is 18.0 Å². The minimum absolute atomic E-state index is 0.181. The summed E-state index contributed by atoms with van der Waals surface area (Å²) in [7, 11) is 1.38. The van der Waals surface area contributed by atoms with Gasteiger partial charge in [0.2, 0.25) is 0 Å². The van der Waals surface area contributed by atoms with Crippen molar-refractivity contribution in [2.24, 2.45) is 0 Å². The van der Waals surface area contributed by atoms with E-state index in [0.717, 1.165) is 17.0 Å². The van der Waals surface area contributed by atoms with E-state index in [9.17, 15) is 4.79 Å². The smallest absolute Gasteiger partial charge is 0.325 e. The van der Waals surface area contributed by atoms with E-state index in [4.69, 9.17) is 0 Å². The van der Waals surface area contributed by atoms with E-state index >= 15 is 0 Å². The predicted molar refractivity (Wildman–Crippen MR) is 64.4 cm³/mol. The number of benzene rings is 1. The van der Waals surface area contributed by atoms with E-state index in [1.54, 1.807) is 17.0 Å². The Morgan fingerprint density at radius 2 is 2.18 bits per heavy atom. The lowest BCUT2D eigenvalue weighted by Gasteiger charge is -2.08. The van der Waals surface area contributed by atoms with Crippen LogP contribution in [0.4, 0.5) is 0 Å². The van der Waals surface area contributed by atoms with Crippen LogP contribution >= 0.6 is 0 Å². The number of rotatable bonds is 3. The molecular formula is C13H14N2O2. The summed E-state index contributed by atoms with van der Waals surface area (Å²) < 4.78 is 6.44. The average molecular weight is 230 g/mol. The molecule has 0 spiro atoms. The summed E-state index contributed by atoms with van der Waals surface area (Å²) in [5.41, 5.74) is 2.16. The van der Waals surface area contributed by atoms with Gasteiger partial charge in [0.05, 0.1) is 7.11 Å². The van der Waals surface area contributed by atoms with Crippen LogP contribution in [0.2, 0.25) is 0 Å². The maximum Gasteiger partial charge on any atom is 0.325 e. The average Bonchev–Trinajstić information content (AvgIpc) is 2.77. The van der Waals surface area contributed by atoms with Crippen molar-refractivity contribution in [1.82, 2.24) is 9.55 Å². The first-order chi connectivity index (χ1) is 8.22. The molecule has 2 aromatic rings. The van der Waals surface area contributed by atoms with Gasteiger partial charge in [0.25, 0.3) is 0 Å². The quantitative estimate of drug-likeness (QED) is 0.758. The molecule has 0 atom stereocenters. The summed E-state index contributed by atoms with van der Waals surface area (Å²) in [5, 5.41) is 0. The predicted octanol–water partition coefficient (Wildman–Crippen LogP) is 2.03. The molecule has 0 aliphatic carbocycles. The van der Waals surface area contributed by atoms with Gasteiger partial charge in [-0.15, -0.1) is 0 Å². The maximum atomic E-state index is 11.3. The number of aryl methyl sites for hydroxylation is 1. The molecule has 0 unspecified atom stereocenters. The van der Waals surface area contributed by atoms with Crippen LogP contribution in [0.3, 0.4) is 0 Å². The number of methoxy groups -OCH3 is 1. The first-order valence-corrected chi connectivity index (χ1v) is 5.36. The molecule has 1 heterocycles. The molecule has 0 saturated heterocycles. The summed E-state index contributed by atoms with van der Waals surface area (Å²) in [5.74, 6) is 0.506. The van der Waals surface area contributed by atoms with E-state index in [2.05, 4.69) is 9.72 Å². The third-order valence-corrected chi connectivity index (χ3v) is 2.63. The fraction of sp³-hybridized carbons (Fsp3) is 0.231. The zero-order valence-electron chi connectivity index (χ0n) is 9.88. The molecule has 0 fully saturated rings. The Hall–Kier alpha value is -2.10. The number of imidazole rings is 1. The van der Waals surface area contributed by atoms with Crippen molar-refractivity contribution in [3.63, 3.8) is 0 Å². The first kappa shape index (κ1) is 11.4. The summed E-state index contributed by atoms with van der Waals surface area (Å²) in [4.78, 5) is 15.6. The Balaban J connectivity index is 2.37. The second-order valence-corrected chi connectivity index (χ2v) is 3.77. The Morgan fingerprint density at radius 3 is 2.88 bits per heavy atom. The van der Waals surface area contributed by atoms with Crippen molar-refractivity contribution >= 4 is 5.97 Å². The number of ether oxygens (including phenoxy) is 1. The van der Waals surface area contributed by atoms with Crippen LogP contribution in [0.25, 0.3) is 11.4 Å². The number of carbonyl (C=O) groups is 1. The molecule has 17 heavy (non-hydrogen) atoms. The van der Waals surface area contributed by atoms with Crippen molar-refractivity contribution in [3.8, 4) is 11.4 Å². The molecular weight excluding hydrogens is 216 g/mol.